The van der Waals surface area contributed by atoms with E-state index >= 15 is 0 Å². The Labute approximate surface area is 185 Å². The molecule has 0 saturated carbocycles. The van der Waals surface area contributed by atoms with Crippen molar-refractivity contribution in [3.05, 3.63) is 53.6 Å². The molecule has 0 bridgehead atoms. The maximum Gasteiger partial charge on any atom is 0.261 e. The zero-order valence-corrected chi connectivity index (χ0v) is 19.3. The highest BCUT2D eigenvalue weighted by Crippen LogP contribution is 2.30. The largest absolute Gasteiger partial charge is 0.367 e. The Kier molecular flexibility index (Phi) is 7.56. The van der Waals surface area contributed by atoms with Gasteiger partial charge in [-0.05, 0) is 56.2 Å². The lowest BCUT2D eigenvalue weighted by molar-refractivity contribution is 0.0943. The fraction of sp³-hybridized carbons (Fsp3) is 0.435. The van der Waals surface area contributed by atoms with E-state index in [1.807, 2.05) is 32.0 Å². The van der Waals surface area contributed by atoms with E-state index in [0.717, 1.165) is 50.3 Å². The Bertz CT molecular complexity index is 998. The zero-order chi connectivity index (χ0) is 22.4. The molecule has 8 heteroatoms. The van der Waals surface area contributed by atoms with Gasteiger partial charge in [0.1, 0.15) is 0 Å². The molecule has 0 aliphatic carbocycles. The van der Waals surface area contributed by atoms with Gasteiger partial charge in [0.05, 0.1) is 16.3 Å². The second-order valence-corrected chi connectivity index (χ2v) is 9.78. The monoisotopic (exact) mass is 444 g/mol. The van der Waals surface area contributed by atoms with E-state index in [1.54, 1.807) is 24.3 Å². The van der Waals surface area contributed by atoms with Crippen LogP contribution in [0.3, 0.4) is 0 Å². The molecule has 0 unspecified atom stereocenters. The quantitative estimate of drug-likeness (QED) is 0.582. The molecule has 3 rings (SSSR count). The van der Waals surface area contributed by atoms with Crippen molar-refractivity contribution in [2.24, 2.45) is 0 Å². The summed E-state index contributed by atoms with van der Waals surface area (Å²) in [6, 6.07) is 12.1. The lowest BCUT2D eigenvalue weighted by Crippen LogP contribution is -2.43. The highest BCUT2D eigenvalue weighted by atomic mass is 32.2. The van der Waals surface area contributed by atoms with E-state index in [2.05, 4.69) is 27.2 Å². The third-order valence-corrected chi connectivity index (χ3v) is 6.53. The van der Waals surface area contributed by atoms with Crippen molar-refractivity contribution in [1.29, 1.82) is 0 Å². The molecule has 3 N–H and O–H groups in total. The molecule has 0 radical (unpaired) electrons. The average Bonchev–Trinajstić information content (AvgIpc) is 2.74. The number of sulfonamides is 1. The molecule has 1 aliphatic heterocycles. The highest BCUT2D eigenvalue weighted by molar-refractivity contribution is 7.92. The van der Waals surface area contributed by atoms with Crippen molar-refractivity contribution in [1.82, 2.24) is 10.6 Å². The molecule has 1 saturated heterocycles. The number of hydrogen-bond acceptors (Lipinski definition) is 5. The van der Waals surface area contributed by atoms with Gasteiger partial charge in [0, 0.05) is 37.8 Å². The third kappa shape index (κ3) is 5.98. The Hall–Kier alpha value is -2.58. The van der Waals surface area contributed by atoms with Crippen LogP contribution < -0.4 is 20.3 Å². The average molecular weight is 445 g/mol. The highest BCUT2D eigenvalue weighted by Gasteiger charge is 2.21. The maximum absolute atomic E-state index is 13.1. The van der Waals surface area contributed by atoms with Gasteiger partial charge >= 0.3 is 0 Å². The molecule has 7 nitrogen and oxygen atoms in total. The fourth-order valence-electron chi connectivity index (χ4n) is 3.61. The van der Waals surface area contributed by atoms with Gasteiger partial charge in [0.15, 0.2) is 0 Å². The van der Waals surface area contributed by atoms with Crippen molar-refractivity contribution >= 4 is 27.3 Å². The Morgan fingerprint density at radius 3 is 2.39 bits per heavy atom. The standard InChI is InChI=1S/C23H32N4O3S/c1-4-5-18-6-9-20(10-7-18)31(29,30)26-21-16-19(23(28)25-17(2)3)8-11-22(21)27-14-12-24-13-15-27/h6-11,16-17,24,26H,4-5,12-15H2,1-3H3,(H,25,28). The zero-order valence-electron chi connectivity index (χ0n) is 18.4. The minimum Gasteiger partial charge on any atom is -0.367 e. The predicted molar refractivity (Wildman–Crippen MR) is 125 cm³/mol. The Balaban J connectivity index is 1.94. The fourth-order valence-corrected chi connectivity index (χ4v) is 4.68. The van der Waals surface area contributed by atoms with Crippen LogP contribution in [0.5, 0.6) is 0 Å². The molecule has 0 spiro atoms. The molecule has 1 amide bonds. The van der Waals surface area contributed by atoms with E-state index in [9.17, 15) is 13.2 Å². The minimum absolute atomic E-state index is 0.0119. The van der Waals surface area contributed by atoms with Crippen LogP contribution in [0.15, 0.2) is 47.4 Å². The van der Waals surface area contributed by atoms with E-state index in [-0.39, 0.29) is 16.8 Å². The molecular weight excluding hydrogens is 412 g/mol. The molecule has 1 aliphatic rings. The van der Waals surface area contributed by atoms with E-state index in [4.69, 9.17) is 0 Å². The molecule has 168 valence electrons. The molecule has 31 heavy (non-hydrogen) atoms. The summed E-state index contributed by atoms with van der Waals surface area (Å²) in [5, 5.41) is 6.16. The van der Waals surface area contributed by atoms with Gasteiger partial charge in [-0.1, -0.05) is 25.5 Å². The van der Waals surface area contributed by atoms with Gasteiger partial charge in [-0.15, -0.1) is 0 Å². The number of aryl methyl sites for hydroxylation is 1. The van der Waals surface area contributed by atoms with Crippen LogP contribution in [0, 0.1) is 0 Å². The van der Waals surface area contributed by atoms with Crippen LogP contribution in [0.2, 0.25) is 0 Å². The molecule has 2 aromatic rings. The van der Waals surface area contributed by atoms with Gasteiger partial charge in [0.2, 0.25) is 0 Å². The summed E-state index contributed by atoms with van der Waals surface area (Å²) >= 11 is 0. The van der Waals surface area contributed by atoms with E-state index in [0.29, 0.717) is 11.3 Å². The number of benzene rings is 2. The van der Waals surface area contributed by atoms with Crippen molar-refractivity contribution < 1.29 is 13.2 Å². The van der Waals surface area contributed by atoms with Crippen molar-refractivity contribution in [2.45, 2.75) is 44.6 Å². The molecule has 1 fully saturated rings. The number of piperazine rings is 1. The molecule has 0 aromatic heterocycles. The second-order valence-electron chi connectivity index (χ2n) is 8.10. The van der Waals surface area contributed by atoms with Gasteiger partial charge in [-0.3, -0.25) is 9.52 Å². The second kappa shape index (κ2) is 10.2. The number of nitrogens with zero attached hydrogens (tertiary/aromatic N) is 1. The first-order chi connectivity index (χ1) is 14.8. The summed E-state index contributed by atoms with van der Waals surface area (Å²) in [5.74, 6) is -0.230. The number of rotatable bonds is 8. The van der Waals surface area contributed by atoms with Crippen molar-refractivity contribution in [3.63, 3.8) is 0 Å². The summed E-state index contributed by atoms with van der Waals surface area (Å²) in [6.07, 6.45) is 1.91. The maximum atomic E-state index is 13.1. The molecule has 2 aromatic carbocycles. The topological polar surface area (TPSA) is 90.5 Å². The van der Waals surface area contributed by atoms with Crippen LogP contribution in [0.1, 0.15) is 43.1 Å². The number of hydrogen-bond donors (Lipinski definition) is 3. The first-order valence-corrected chi connectivity index (χ1v) is 12.3. The molecule has 1 heterocycles. The number of nitrogens with one attached hydrogen (secondary N) is 3. The number of carbonyl (C=O) groups is 1. The van der Waals surface area contributed by atoms with E-state index in [1.165, 1.54) is 0 Å². The number of carbonyl (C=O) groups excluding carboxylic acids is 1. The van der Waals surface area contributed by atoms with Crippen molar-refractivity contribution in [2.75, 3.05) is 35.8 Å². The van der Waals surface area contributed by atoms with Crippen LogP contribution >= 0.6 is 0 Å². The Morgan fingerprint density at radius 1 is 1.10 bits per heavy atom. The first kappa shape index (κ1) is 23.1. The smallest absolute Gasteiger partial charge is 0.261 e. The van der Waals surface area contributed by atoms with Crippen molar-refractivity contribution in [3.8, 4) is 0 Å². The predicted octanol–water partition coefficient (Wildman–Crippen LogP) is 2.99. The van der Waals surface area contributed by atoms with Crippen LogP contribution in [0.4, 0.5) is 11.4 Å². The summed E-state index contributed by atoms with van der Waals surface area (Å²) in [5.41, 5.74) is 2.71. The van der Waals surface area contributed by atoms with Crippen LogP contribution in [0.25, 0.3) is 0 Å². The number of anilines is 2. The normalized spacial score (nSPS) is 14.5. The first-order valence-electron chi connectivity index (χ1n) is 10.8. The lowest BCUT2D eigenvalue weighted by atomic mass is 10.1. The lowest BCUT2D eigenvalue weighted by Gasteiger charge is -2.31. The summed E-state index contributed by atoms with van der Waals surface area (Å²) in [4.78, 5) is 14.8. The summed E-state index contributed by atoms with van der Waals surface area (Å²) in [7, 11) is -3.80. The number of amides is 1. The van der Waals surface area contributed by atoms with Gasteiger partial charge < -0.3 is 15.5 Å². The van der Waals surface area contributed by atoms with Crippen LogP contribution in [-0.4, -0.2) is 46.5 Å². The summed E-state index contributed by atoms with van der Waals surface area (Å²) in [6.45, 7) is 9.03. The van der Waals surface area contributed by atoms with E-state index < -0.39 is 10.0 Å². The van der Waals surface area contributed by atoms with Gasteiger partial charge in [-0.25, -0.2) is 8.42 Å². The summed E-state index contributed by atoms with van der Waals surface area (Å²) < 4.78 is 29.0. The Morgan fingerprint density at radius 2 is 1.77 bits per heavy atom. The SMILES string of the molecule is CCCc1ccc(S(=O)(=O)Nc2cc(C(=O)NC(C)C)ccc2N2CCNCC2)cc1. The van der Waals surface area contributed by atoms with Gasteiger partial charge in [0.25, 0.3) is 15.9 Å². The molecular formula is C23H32N4O3S. The van der Waals surface area contributed by atoms with Gasteiger partial charge in [-0.2, -0.15) is 0 Å². The molecule has 0 atom stereocenters. The van der Waals surface area contributed by atoms with Crippen LogP contribution in [-0.2, 0) is 16.4 Å². The minimum atomic E-state index is -3.80. The third-order valence-electron chi connectivity index (χ3n) is 5.15.